The van der Waals surface area contributed by atoms with Gasteiger partial charge in [0.2, 0.25) is 0 Å². The smallest absolute Gasteiger partial charge is 0.355 e. The summed E-state index contributed by atoms with van der Waals surface area (Å²) in [6.45, 7) is 6.27. The highest BCUT2D eigenvalue weighted by molar-refractivity contribution is 6.08. The maximum Gasteiger partial charge on any atom is 0.355 e. The predicted octanol–water partition coefficient (Wildman–Crippen LogP) is 4.93. The van der Waals surface area contributed by atoms with Crippen molar-refractivity contribution in [1.29, 1.82) is 0 Å². The second-order valence-electron chi connectivity index (χ2n) is 7.86. The fourth-order valence-corrected chi connectivity index (χ4v) is 4.01. The average molecular weight is 448 g/mol. The van der Waals surface area contributed by atoms with Crippen LogP contribution in [0.4, 0.5) is 5.69 Å². The number of ether oxygens (including phenoxy) is 2. The average Bonchev–Trinajstić information content (AvgIpc) is 3.28. The molecule has 0 spiro atoms. The first-order valence-corrected chi connectivity index (χ1v) is 10.4. The number of Topliss-reactive ketones (excluding diaryl/α,β-unsaturated/α-hetero) is 1. The molecule has 33 heavy (non-hydrogen) atoms. The summed E-state index contributed by atoms with van der Waals surface area (Å²) in [4.78, 5) is 40.1. The SMILES string of the molecule is COc1cc2c(cc1NC(=O)[C@H](C)OC(=O)c1[nH]c(C)c(C(C)=O)c1C)oc1ccccc12. The lowest BCUT2D eigenvalue weighted by atomic mass is 10.1. The lowest BCUT2D eigenvalue weighted by Gasteiger charge is -2.15. The molecule has 0 unspecified atom stereocenters. The number of aromatic amines is 1. The number of methoxy groups -OCH3 is 1. The van der Waals surface area contributed by atoms with E-state index in [4.69, 9.17) is 13.9 Å². The predicted molar refractivity (Wildman–Crippen MR) is 124 cm³/mol. The Kier molecular flexibility index (Phi) is 5.68. The molecule has 8 heteroatoms. The zero-order valence-electron chi connectivity index (χ0n) is 19.0. The van der Waals surface area contributed by atoms with Gasteiger partial charge in [0.15, 0.2) is 11.9 Å². The Morgan fingerprint density at radius 2 is 1.79 bits per heavy atom. The van der Waals surface area contributed by atoms with Crippen LogP contribution < -0.4 is 10.1 Å². The molecule has 0 saturated carbocycles. The molecule has 4 aromatic rings. The summed E-state index contributed by atoms with van der Waals surface area (Å²) in [7, 11) is 1.51. The highest BCUT2D eigenvalue weighted by Crippen LogP contribution is 2.36. The number of anilines is 1. The molecule has 2 heterocycles. The summed E-state index contributed by atoms with van der Waals surface area (Å²) in [5.74, 6) is -0.961. The minimum absolute atomic E-state index is 0.152. The molecular weight excluding hydrogens is 424 g/mol. The van der Waals surface area contributed by atoms with Crippen molar-refractivity contribution in [2.75, 3.05) is 12.4 Å². The van der Waals surface area contributed by atoms with E-state index in [1.54, 1.807) is 26.0 Å². The Balaban J connectivity index is 1.55. The van der Waals surface area contributed by atoms with Gasteiger partial charge in [-0.3, -0.25) is 9.59 Å². The van der Waals surface area contributed by atoms with Crippen LogP contribution in [0.25, 0.3) is 21.9 Å². The number of hydrogen-bond donors (Lipinski definition) is 2. The number of aromatic nitrogens is 1. The van der Waals surface area contributed by atoms with Crippen molar-refractivity contribution < 1.29 is 28.3 Å². The quantitative estimate of drug-likeness (QED) is 0.320. The molecule has 0 aliphatic carbocycles. The molecule has 4 rings (SSSR count). The monoisotopic (exact) mass is 448 g/mol. The number of amides is 1. The molecule has 2 aromatic heterocycles. The van der Waals surface area contributed by atoms with E-state index in [2.05, 4.69) is 10.3 Å². The summed E-state index contributed by atoms with van der Waals surface area (Å²) < 4.78 is 16.7. The first kappa shape index (κ1) is 22.1. The molecular formula is C25H24N2O6. The highest BCUT2D eigenvalue weighted by Gasteiger charge is 2.25. The van der Waals surface area contributed by atoms with Gasteiger partial charge in [0.05, 0.1) is 12.8 Å². The largest absolute Gasteiger partial charge is 0.495 e. The number of esters is 1. The fourth-order valence-electron chi connectivity index (χ4n) is 4.01. The van der Waals surface area contributed by atoms with Gasteiger partial charge >= 0.3 is 5.97 Å². The number of furan rings is 1. The number of ketones is 1. The molecule has 0 aliphatic heterocycles. The van der Waals surface area contributed by atoms with Gasteiger partial charge in [0.1, 0.15) is 22.6 Å². The zero-order chi connectivity index (χ0) is 23.9. The van der Waals surface area contributed by atoms with Crippen molar-refractivity contribution in [2.24, 2.45) is 0 Å². The first-order chi connectivity index (χ1) is 15.7. The number of carbonyl (C=O) groups excluding carboxylic acids is 3. The van der Waals surface area contributed by atoms with Crippen molar-refractivity contribution in [3.05, 3.63) is 58.9 Å². The summed E-state index contributed by atoms with van der Waals surface area (Å²) in [5, 5.41) is 4.54. The van der Waals surface area contributed by atoms with E-state index in [1.807, 2.05) is 24.3 Å². The number of nitrogens with one attached hydrogen (secondary N) is 2. The summed E-state index contributed by atoms with van der Waals surface area (Å²) >= 11 is 0. The van der Waals surface area contributed by atoms with Crippen molar-refractivity contribution in [2.45, 2.75) is 33.8 Å². The van der Waals surface area contributed by atoms with Gasteiger partial charge in [-0.1, -0.05) is 18.2 Å². The van der Waals surface area contributed by atoms with E-state index in [1.165, 1.54) is 21.0 Å². The number of H-pyrrole nitrogens is 1. The Hall–Kier alpha value is -4.07. The summed E-state index contributed by atoms with van der Waals surface area (Å²) in [6.07, 6.45) is -1.10. The third-order valence-corrected chi connectivity index (χ3v) is 5.60. The van der Waals surface area contributed by atoms with Crippen LogP contribution in [-0.4, -0.2) is 35.9 Å². The van der Waals surface area contributed by atoms with Crippen LogP contribution in [0.2, 0.25) is 0 Å². The van der Waals surface area contributed by atoms with Gasteiger partial charge in [-0.2, -0.15) is 0 Å². The number of aryl methyl sites for hydroxylation is 1. The summed E-state index contributed by atoms with van der Waals surface area (Å²) in [6, 6.07) is 11.1. The first-order valence-electron chi connectivity index (χ1n) is 10.4. The normalized spacial score (nSPS) is 12.0. The molecule has 0 saturated heterocycles. The minimum Gasteiger partial charge on any atom is -0.495 e. The fraction of sp³-hybridized carbons (Fsp3) is 0.240. The lowest BCUT2D eigenvalue weighted by molar-refractivity contribution is -0.123. The number of fused-ring (bicyclic) bond motifs is 3. The van der Waals surface area contributed by atoms with E-state index >= 15 is 0 Å². The number of para-hydroxylation sites is 1. The Morgan fingerprint density at radius 3 is 2.45 bits per heavy atom. The maximum atomic E-state index is 12.8. The number of carbonyl (C=O) groups is 3. The van der Waals surface area contributed by atoms with Crippen LogP contribution in [0.15, 0.2) is 40.8 Å². The van der Waals surface area contributed by atoms with E-state index < -0.39 is 18.0 Å². The number of rotatable bonds is 6. The molecule has 170 valence electrons. The van der Waals surface area contributed by atoms with Crippen LogP contribution >= 0.6 is 0 Å². The second-order valence-corrected chi connectivity index (χ2v) is 7.86. The lowest BCUT2D eigenvalue weighted by Crippen LogP contribution is -2.30. The van der Waals surface area contributed by atoms with Gasteiger partial charge in [0.25, 0.3) is 5.91 Å². The van der Waals surface area contributed by atoms with Gasteiger partial charge < -0.3 is 24.2 Å². The van der Waals surface area contributed by atoms with Crippen molar-refractivity contribution in [3.63, 3.8) is 0 Å². The molecule has 0 radical (unpaired) electrons. The number of benzene rings is 2. The molecule has 0 aliphatic rings. The minimum atomic E-state index is -1.10. The molecule has 0 bridgehead atoms. The third kappa shape index (κ3) is 3.95. The Morgan fingerprint density at radius 1 is 1.06 bits per heavy atom. The highest BCUT2D eigenvalue weighted by atomic mass is 16.5. The van der Waals surface area contributed by atoms with Crippen molar-refractivity contribution >= 4 is 45.3 Å². The van der Waals surface area contributed by atoms with Gasteiger partial charge in [-0.25, -0.2) is 4.79 Å². The molecule has 0 fully saturated rings. The van der Waals surface area contributed by atoms with E-state index in [0.717, 1.165) is 16.4 Å². The zero-order valence-corrected chi connectivity index (χ0v) is 19.0. The maximum absolute atomic E-state index is 12.8. The van der Waals surface area contributed by atoms with Crippen molar-refractivity contribution in [1.82, 2.24) is 4.98 Å². The van der Waals surface area contributed by atoms with Gasteiger partial charge in [0, 0.05) is 28.1 Å². The second kappa shape index (κ2) is 8.46. The standard InChI is InChI=1S/C25H24N2O6/c1-12-22(14(3)28)13(2)26-23(12)25(30)32-15(4)24(29)27-18-11-20-17(10-21(18)31-5)16-8-6-7-9-19(16)33-20/h6-11,15,26H,1-5H3,(H,27,29)/t15-/m0/s1. The van der Waals surface area contributed by atoms with Crippen LogP contribution in [0.5, 0.6) is 5.75 Å². The van der Waals surface area contributed by atoms with E-state index in [9.17, 15) is 14.4 Å². The molecule has 2 N–H and O–H groups in total. The van der Waals surface area contributed by atoms with E-state index in [-0.39, 0.29) is 11.5 Å². The van der Waals surface area contributed by atoms with Crippen LogP contribution in [0, 0.1) is 13.8 Å². The topological polar surface area (TPSA) is 111 Å². The Labute approximate surface area is 189 Å². The van der Waals surface area contributed by atoms with Gasteiger partial charge in [-0.15, -0.1) is 0 Å². The van der Waals surface area contributed by atoms with Crippen LogP contribution in [0.3, 0.4) is 0 Å². The van der Waals surface area contributed by atoms with Crippen LogP contribution in [0.1, 0.15) is 46.0 Å². The molecule has 1 atom stereocenters. The third-order valence-electron chi connectivity index (χ3n) is 5.60. The molecule has 2 aromatic carbocycles. The summed E-state index contributed by atoms with van der Waals surface area (Å²) in [5.41, 5.74) is 3.37. The molecule has 8 nitrogen and oxygen atoms in total. The Bertz CT molecular complexity index is 1410. The van der Waals surface area contributed by atoms with Crippen molar-refractivity contribution in [3.8, 4) is 5.75 Å². The van der Waals surface area contributed by atoms with E-state index in [0.29, 0.717) is 33.8 Å². The van der Waals surface area contributed by atoms with Crippen LogP contribution in [-0.2, 0) is 9.53 Å². The number of hydrogen-bond acceptors (Lipinski definition) is 6. The molecule has 1 amide bonds. The van der Waals surface area contributed by atoms with Gasteiger partial charge in [-0.05, 0) is 45.4 Å².